The smallest absolute Gasteiger partial charge is 0.292 e. The van der Waals surface area contributed by atoms with Crippen LogP contribution < -0.4 is 10.2 Å². The summed E-state index contributed by atoms with van der Waals surface area (Å²) in [5, 5.41) is 22.2. The van der Waals surface area contributed by atoms with Crippen LogP contribution in [0.4, 0.5) is 17.1 Å². The Kier molecular flexibility index (Phi) is 3.83. The molecule has 2 aliphatic heterocycles. The maximum Gasteiger partial charge on any atom is 0.292 e. The first-order valence-corrected chi connectivity index (χ1v) is 8.34. The van der Waals surface area contributed by atoms with Crippen molar-refractivity contribution < 1.29 is 9.72 Å². The normalized spacial score (nSPS) is 17.9. The average Bonchev–Trinajstić information content (AvgIpc) is 3.15. The van der Waals surface area contributed by atoms with Gasteiger partial charge in [0.05, 0.1) is 17.2 Å². The zero-order chi connectivity index (χ0) is 17.4. The number of nitrogens with one attached hydrogen (secondary N) is 1. The summed E-state index contributed by atoms with van der Waals surface area (Å²) in [5.41, 5.74) is 2.19. The van der Waals surface area contributed by atoms with Crippen molar-refractivity contribution in [1.29, 1.82) is 0 Å². The van der Waals surface area contributed by atoms with Crippen LogP contribution in [0.3, 0.4) is 0 Å². The lowest BCUT2D eigenvalue weighted by Crippen LogP contribution is -2.35. The molecule has 2 aromatic rings. The fourth-order valence-corrected chi connectivity index (χ4v) is 3.59. The Hall–Kier alpha value is -2.97. The van der Waals surface area contributed by atoms with Crippen molar-refractivity contribution in [1.82, 2.24) is 15.0 Å². The quantitative estimate of drug-likeness (QED) is 0.674. The van der Waals surface area contributed by atoms with E-state index in [-0.39, 0.29) is 22.6 Å². The van der Waals surface area contributed by atoms with E-state index in [9.17, 15) is 14.9 Å². The number of hydrogen-bond donors (Lipinski definition) is 1. The Bertz CT molecular complexity index is 812. The third-order valence-corrected chi connectivity index (χ3v) is 4.91. The van der Waals surface area contributed by atoms with Crippen molar-refractivity contribution in [2.75, 3.05) is 23.3 Å². The Balaban J connectivity index is 1.60. The summed E-state index contributed by atoms with van der Waals surface area (Å²) in [5.74, 6) is -0.0443. The zero-order valence-corrected chi connectivity index (χ0v) is 13.6. The van der Waals surface area contributed by atoms with Crippen molar-refractivity contribution in [3.8, 4) is 0 Å². The third kappa shape index (κ3) is 2.92. The van der Waals surface area contributed by atoms with Crippen molar-refractivity contribution in [3.63, 3.8) is 0 Å². The fraction of sp³-hybridized carbons (Fsp3) is 0.438. The number of amides is 1. The SMILES string of the molecule is O=C1CCc2cc([N+](=O)[O-])c(N3CCC(n4ccnn4)CC3)cc2N1. The van der Waals surface area contributed by atoms with E-state index in [0.29, 0.717) is 37.3 Å². The molecule has 2 aliphatic rings. The van der Waals surface area contributed by atoms with Crippen molar-refractivity contribution >= 4 is 23.0 Å². The summed E-state index contributed by atoms with van der Waals surface area (Å²) in [6, 6.07) is 3.61. The van der Waals surface area contributed by atoms with Gasteiger partial charge < -0.3 is 10.2 Å². The first-order chi connectivity index (χ1) is 12.1. The van der Waals surface area contributed by atoms with Crippen LogP contribution >= 0.6 is 0 Å². The highest BCUT2D eigenvalue weighted by molar-refractivity contribution is 5.95. The maximum atomic E-state index is 11.6. The fourth-order valence-electron chi connectivity index (χ4n) is 3.59. The molecule has 0 saturated carbocycles. The van der Waals surface area contributed by atoms with Crippen LogP contribution in [-0.4, -0.2) is 38.9 Å². The number of piperidine rings is 1. The number of carbonyl (C=O) groups excluding carboxylic acids is 1. The Morgan fingerprint density at radius 3 is 2.72 bits per heavy atom. The van der Waals surface area contributed by atoms with Crippen molar-refractivity contribution in [3.05, 3.63) is 40.2 Å². The number of benzene rings is 1. The highest BCUT2D eigenvalue weighted by Gasteiger charge is 2.28. The van der Waals surface area contributed by atoms with Gasteiger partial charge in [-0.25, -0.2) is 4.68 Å². The van der Waals surface area contributed by atoms with Crippen molar-refractivity contribution in [2.45, 2.75) is 31.7 Å². The molecule has 0 bridgehead atoms. The van der Waals surface area contributed by atoms with Gasteiger partial charge in [-0.2, -0.15) is 0 Å². The van der Waals surface area contributed by atoms with Crippen LogP contribution in [0.15, 0.2) is 24.5 Å². The molecular formula is C16H18N6O3. The molecule has 1 saturated heterocycles. The largest absolute Gasteiger partial charge is 0.366 e. The lowest BCUT2D eigenvalue weighted by atomic mass is 9.99. The monoisotopic (exact) mass is 342 g/mol. The van der Waals surface area contributed by atoms with E-state index >= 15 is 0 Å². The van der Waals surface area contributed by atoms with Crippen LogP contribution in [-0.2, 0) is 11.2 Å². The molecule has 1 amide bonds. The average molecular weight is 342 g/mol. The topological polar surface area (TPSA) is 106 Å². The Morgan fingerprint density at radius 2 is 2.04 bits per heavy atom. The lowest BCUT2D eigenvalue weighted by Gasteiger charge is -2.33. The number of aromatic nitrogens is 3. The molecule has 3 heterocycles. The number of carbonyl (C=O) groups is 1. The number of hydrogen-bond acceptors (Lipinski definition) is 6. The highest BCUT2D eigenvalue weighted by Crippen LogP contribution is 2.38. The lowest BCUT2D eigenvalue weighted by molar-refractivity contribution is -0.384. The molecule has 0 spiro atoms. The summed E-state index contributed by atoms with van der Waals surface area (Å²) in [6.45, 7) is 1.39. The van der Waals surface area contributed by atoms with E-state index in [4.69, 9.17) is 0 Å². The van der Waals surface area contributed by atoms with Crippen LogP contribution in [0.25, 0.3) is 0 Å². The second-order valence-corrected chi connectivity index (χ2v) is 6.40. The molecule has 4 rings (SSSR count). The van der Waals surface area contributed by atoms with Crippen LogP contribution in [0.5, 0.6) is 0 Å². The number of nitro benzene ring substituents is 1. The molecule has 1 N–H and O–H groups in total. The van der Waals surface area contributed by atoms with E-state index in [0.717, 1.165) is 18.4 Å². The van der Waals surface area contributed by atoms with Gasteiger partial charge in [-0.3, -0.25) is 14.9 Å². The van der Waals surface area contributed by atoms with Gasteiger partial charge in [-0.15, -0.1) is 5.10 Å². The van der Waals surface area contributed by atoms with E-state index in [1.54, 1.807) is 18.3 Å². The second-order valence-electron chi connectivity index (χ2n) is 6.40. The van der Waals surface area contributed by atoms with Gasteiger partial charge in [0.25, 0.3) is 5.69 Å². The number of anilines is 2. The second kappa shape index (κ2) is 6.15. The van der Waals surface area contributed by atoms with E-state index < -0.39 is 0 Å². The molecule has 0 atom stereocenters. The van der Waals surface area contributed by atoms with Gasteiger partial charge in [0.1, 0.15) is 5.69 Å². The van der Waals surface area contributed by atoms with E-state index in [1.165, 1.54) is 0 Å². The van der Waals surface area contributed by atoms with Gasteiger partial charge >= 0.3 is 0 Å². The summed E-state index contributed by atoms with van der Waals surface area (Å²) in [4.78, 5) is 24.8. The van der Waals surface area contributed by atoms with E-state index in [2.05, 4.69) is 15.6 Å². The predicted molar refractivity (Wildman–Crippen MR) is 90.6 cm³/mol. The van der Waals surface area contributed by atoms with Gasteiger partial charge in [-0.1, -0.05) is 5.21 Å². The summed E-state index contributed by atoms with van der Waals surface area (Å²) < 4.78 is 1.85. The molecule has 1 fully saturated rings. The first-order valence-electron chi connectivity index (χ1n) is 8.34. The number of rotatable bonds is 3. The molecule has 0 aliphatic carbocycles. The molecule has 0 radical (unpaired) electrons. The van der Waals surface area contributed by atoms with Gasteiger partial charge in [0.2, 0.25) is 5.91 Å². The first kappa shape index (κ1) is 15.6. The standard InChI is InChI=1S/C16H18N6O3/c23-16-2-1-11-9-15(22(24)25)14(10-13(11)18-16)20-6-3-12(4-7-20)21-8-5-17-19-21/h5,8-10,12H,1-4,6-7H2,(H,18,23). The van der Waals surface area contributed by atoms with Gasteiger partial charge in [-0.05, 0) is 30.9 Å². The minimum Gasteiger partial charge on any atom is -0.366 e. The molecular weight excluding hydrogens is 324 g/mol. The summed E-state index contributed by atoms with van der Waals surface area (Å²) in [7, 11) is 0. The number of fused-ring (bicyclic) bond motifs is 1. The molecule has 130 valence electrons. The Morgan fingerprint density at radius 1 is 1.24 bits per heavy atom. The highest BCUT2D eigenvalue weighted by atomic mass is 16.6. The van der Waals surface area contributed by atoms with Crippen LogP contribution in [0, 0.1) is 10.1 Å². The molecule has 25 heavy (non-hydrogen) atoms. The van der Waals surface area contributed by atoms with Gasteiger partial charge in [0, 0.05) is 37.5 Å². The van der Waals surface area contributed by atoms with Crippen LogP contribution in [0.1, 0.15) is 30.9 Å². The number of nitro groups is 1. The molecule has 9 heteroatoms. The van der Waals surface area contributed by atoms with E-state index in [1.807, 2.05) is 15.8 Å². The number of nitrogens with zero attached hydrogens (tertiary/aromatic N) is 5. The number of aryl methyl sites for hydroxylation is 1. The molecule has 0 unspecified atom stereocenters. The minimum absolute atomic E-state index is 0.0443. The predicted octanol–water partition coefficient (Wildman–Crippen LogP) is 1.91. The van der Waals surface area contributed by atoms with Crippen molar-refractivity contribution in [2.24, 2.45) is 0 Å². The molecule has 1 aromatic carbocycles. The molecule has 9 nitrogen and oxygen atoms in total. The zero-order valence-electron chi connectivity index (χ0n) is 13.6. The van der Waals surface area contributed by atoms with Gasteiger partial charge in [0.15, 0.2) is 0 Å². The third-order valence-electron chi connectivity index (χ3n) is 4.91. The minimum atomic E-state index is -0.338. The maximum absolute atomic E-state index is 11.6. The Labute approximate surface area is 143 Å². The molecule has 1 aromatic heterocycles. The van der Waals surface area contributed by atoms with Crippen LogP contribution in [0.2, 0.25) is 0 Å². The summed E-state index contributed by atoms with van der Waals surface area (Å²) >= 11 is 0. The summed E-state index contributed by atoms with van der Waals surface area (Å²) in [6.07, 6.45) is 6.08.